The Bertz CT molecular complexity index is 1480. The average Bonchev–Trinajstić information content (AvgIpc) is 3.66. The van der Waals surface area contributed by atoms with E-state index in [0.29, 0.717) is 68.1 Å². The number of nitrogens with zero attached hydrogens (tertiary/aromatic N) is 1. The average molecular weight is 646 g/mol. The van der Waals surface area contributed by atoms with Gasteiger partial charge in [-0.05, 0) is 136 Å². The van der Waals surface area contributed by atoms with Gasteiger partial charge in [-0.1, -0.05) is 44.6 Å². The molecule has 4 saturated carbocycles. The largest absolute Gasteiger partial charge is 0.461 e. The standard InChI is InChI=1S/C40H55NO6/c1-6-46-37(44)41(24-28-13-14-29-23-34(28)38(29,3)4)25-40(45)19-17-33-31-16-12-27(22-32(31)36(43)35-10-8-20-47-35)21-30(42)15-11-26(2)9-7-18-39(33,40)5/h8-10,12,16,20,22,28-30,33-34,42,45H,6-7,11,13-15,17-19,21,23-25H2,1-5H3/t28-,29-,30-,33-,34-,39-,40+/m0/s1. The number of amides is 1. The summed E-state index contributed by atoms with van der Waals surface area (Å²) in [5, 5.41) is 23.8. The monoisotopic (exact) mass is 645 g/mol. The highest BCUT2D eigenvalue weighted by atomic mass is 16.6. The second-order valence-corrected chi connectivity index (χ2v) is 16.0. The maximum absolute atomic E-state index is 14.0. The van der Waals surface area contributed by atoms with E-state index in [9.17, 15) is 19.8 Å². The summed E-state index contributed by atoms with van der Waals surface area (Å²) in [5.74, 6) is 1.71. The summed E-state index contributed by atoms with van der Waals surface area (Å²) < 4.78 is 11.2. The molecule has 6 aliphatic rings. The second kappa shape index (κ2) is 13.2. The first-order chi connectivity index (χ1) is 22.4. The van der Waals surface area contributed by atoms with Crippen molar-refractivity contribution in [1.82, 2.24) is 4.90 Å². The summed E-state index contributed by atoms with van der Waals surface area (Å²) in [7, 11) is 0. The molecule has 1 amide bonds. The molecule has 0 radical (unpaired) electrons. The van der Waals surface area contributed by atoms with Gasteiger partial charge >= 0.3 is 6.09 Å². The van der Waals surface area contributed by atoms with Crippen LogP contribution in [-0.4, -0.2) is 58.4 Å². The molecular weight excluding hydrogens is 590 g/mol. The van der Waals surface area contributed by atoms with Crippen molar-refractivity contribution in [3.05, 3.63) is 70.7 Å². The number of ether oxygens (including phenoxy) is 1. The van der Waals surface area contributed by atoms with Gasteiger partial charge in [-0.3, -0.25) is 4.79 Å². The van der Waals surface area contributed by atoms with Gasteiger partial charge in [0.05, 0.1) is 31.1 Å². The van der Waals surface area contributed by atoms with E-state index >= 15 is 0 Å². The van der Waals surface area contributed by atoms with Crippen molar-refractivity contribution in [3.63, 3.8) is 0 Å². The Kier molecular flexibility index (Phi) is 9.54. The van der Waals surface area contributed by atoms with Crippen LogP contribution >= 0.6 is 0 Å². The lowest BCUT2D eigenvalue weighted by molar-refractivity contribution is -0.120. The van der Waals surface area contributed by atoms with Gasteiger partial charge < -0.3 is 24.3 Å². The summed E-state index contributed by atoms with van der Waals surface area (Å²) in [4.78, 5) is 29.4. The molecule has 8 rings (SSSR count). The summed E-state index contributed by atoms with van der Waals surface area (Å²) in [6, 6.07) is 9.42. The topological polar surface area (TPSA) is 100 Å². The predicted octanol–water partition coefficient (Wildman–Crippen LogP) is 8.08. The van der Waals surface area contributed by atoms with Crippen LogP contribution in [0.3, 0.4) is 0 Å². The number of aliphatic hydroxyl groups excluding tert-OH is 1. The molecule has 2 aromatic rings. The fourth-order valence-corrected chi connectivity index (χ4v) is 9.94. The van der Waals surface area contributed by atoms with Gasteiger partial charge in [0, 0.05) is 17.5 Å². The normalized spacial score (nSPS) is 33.3. The van der Waals surface area contributed by atoms with Crippen LogP contribution in [0.15, 0.2) is 52.7 Å². The van der Waals surface area contributed by atoms with E-state index in [2.05, 4.69) is 33.8 Å². The van der Waals surface area contributed by atoms with Crippen LogP contribution in [0.2, 0.25) is 0 Å². The lowest BCUT2D eigenvalue weighted by Gasteiger charge is -2.60. The fourth-order valence-electron chi connectivity index (χ4n) is 9.94. The van der Waals surface area contributed by atoms with Gasteiger partial charge in [0.25, 0.3) is 0 Å². The Morgan fingerprint density at radius 2 is 1.89 bits per heavy atom. The van der Waals surface area contributed by atoms with Crippen LogP contribution in [0.25, 0.3) is 0 Å². The van der Waals surface area contributed by atoms with Crippen LogP contribution in [0.5, 0.6) is 0 Å². The number of rotatable bonds is 7. The van der Waals surface area contributed by atoms with Crippen molar-refractivity contribution in [1.29, 1.82) is 0 Å². The SMILES string of the molecule is CCOC(=O)N(C[C@@H]1CC[C@H]2C[C@@H]1C2(C)C)C[C@]1(O)CC[C@H]2c3ccc(cc3C(=O)c3ccco3)C[C@@H](O)CCC(C)=CCC[C@@]21C. The van der Waals surface area contributed by atoms with Crippen molar-refractivity contribution >= 4 is 11.9 Å². The maximum Gasteiger partial charge on any atom is 0.409 e. The highest BCUT2D eigenvalue weighted by Gasteiger charge is 2.59. The molecule has 1 heterocycles. The van der Waals surface area contributed by atoms with Crippen molar-refractivity contribution < 1.29 is 29.0 Å². The number of ketones is 1. The van der Waals surface area contributed by atoms with E-state index in [-0.39, 0.29) is 30.1 Å². The van der Waals surface area contributed by atoms with E-state index in [1.807, 2.05) is 30.0 Å². The van der Waals surface area contributed by atoms with Crippen LogP contribution < -0.4 is 0 Å². The minimum absolute atomic E-state index is 0.123. The molecular formula is C40H55NO6. The highest BCUT2D eigenvalue weighted by molar-refractivity contribution is 6.08. The van der Waals surface area contributed by atoms with Crippen molar-refractivity contribution in [2.24, 2.45) is 28.6 Å². The van der Waals surface area contributed by atoms with Gasteiger partial charge in [0.1, 0.15) is 0 Å². The first-order valence-corrected chi connectivity index (χ1v) is 18.0. The number of benzene rings is 1. The van der Waals surface area contributed by atoms with E-state index in [0.717, 1.165) is 36.3 Å². The van der Waals surface area contributed by atoms with E-state index < -0.39 is 17.1 Å². The Morgan fingerprint density at radius 1 is 1.09 bits per heavy atom. The van der Waals surface area contributed by atoms with Gasteiger partial charge in [-0.2, -0.15) is 0 Å². The number of carbonyl (C=O) groups excluding carboxylic acids is 2. The maximum atomic E-state index is 14.0. The van der Waals surface area contributed by atoms with Crippen molar-refractivity contribution in [2.45, 2.75) is 116 Å². The summed E-state index contributed by atoms with van der Waals surface area (Å²) in [6.45, 7) is 12.0. The first-order valence-electron chi connectivity index (χ1n) is 18.0. The zero-order chi connectivity index (χ0) is 33.6. The quantitative estimate of drug-likeness (QED) is 0.233. The minimum atomic E-state index is -1.19. The van der Waals surface area contributed by atoms with Crippen LogP contribution in [0, 0.1) is 28.6 Å². The fraction of sp³-hybridized carbons (Fsp3) is 0.650. The Labute approximate surface area is 280 Å². The molecule has 4 bridgehead atoms. The van der Waals surface area contributed by atoms with Crippen LogP contribution in [0.4, 0.5) is 4.79 Å². The molecule has 7 heteroatoms. The highest BCUT2D eigenvalue weighted by Crippen LogP contribution is 2.62. The van der Waals surface area contributed by atoms with Crippen molar-refractivity contribution in [3.8, 4) is 0 Å². The molecule has 2 N–H and O–H groups in total. The number of fused-ring (bicyclic) bond motifs is 10. The van der Waals surface area contributed by atoms with E-state index in [1.54, 1.807) is 12.1 Å². The molecule has 0 unspecified atom stereocenters. The number of allylic oxidation sites excluding steroid dienone is 2. The third-order valence-electron chi connectivity index (χ3n) is 13.1. The molecule has 1 aromatic heterocycles. The molecule has 0 saturated heterocycles. The zero-order valence-electron chi connectivity index (χ0n) is 29.1. The number of hydrogen-bond acceptors (Lipinski definition) is 6. The van der Waals surface area contributed by atoms with Gasteiger partial charge in [-0.15, -0.1) is 0 Å². The third kappa shape index (κ3) is 6.35. The lowest BCUT2D eigenvalue weighted by Crippen LogP contribution is -2.58. The van der Waals surface area contributed by atoms with Gasteiger partial charge in [0.2, 0.25) is 5.78 Å². The van der Waals surface area contributed by atoms with E-state index in [4.69, 9.17) is 9.15 Å². The molecule has 0 aliphatic heterocycles. The second-order valence-electron chi connectivity index (χ2n) is 16.0. The molecule has 0 spiro atoms. The van der Waals surface area contributed by atoms with Gasteiger partial charge in [0.15, 0.2) is 5.76 Å². The molecule has 7 nitrogen and oxygen atoms in total. The first kappa shape index (κ1) is 34.0. The molecule has 256 valence electrons. The Balaban J connectivity index is 1.38. The summed E-state index contributed by atoms with van der Waals surface area (Å²) in [5.41, 5.74) is 2.09. The smallest absolute Gasteiger partial charge is 0.409 e. The summed E-state index contributed by atoms with van der Waals surface area (Å²) >= 11 is 0. The minimum Gasteiger partial charge on any atom is -0.461 e. The summed E-state index contributed by atoms with van der Waals surface area (Å²) in [6.07, 6.45) is 11.0. The Morgan fingerprint density at radius 3 is 2.60 bits per heavy atom. The van der Waals surface area contributed by atoms with Crippen LogP contribution in [0.1, 0.15) is 126 Å². The molecule has 4 fully saturated rings. The lowest BCUT2D eigenvalue weighted by atomic mass is 9.45. The van der Waals surface area contributed by atoms with Crippen molar-refractivity contribution in [2.75, 3.05) is 19.7 Å². The third-order valence-corrected chi connectivity index (χ3v) is 13.1. The zero-order valence-corrected chi connectivity index (χ0v) is 29.1. The Hall–Kier alpha value is -2.90. The van der Waals surface area contributed by atoms with E-state index in [1.165, 1.54) is 24.7 Å². The number of carbonyl (C=O) groups is 2. The number of hydrogen-bond donors (Lipinski definition) is 2. The molecule has 47 heavy (non-hydrogen) atoms. The van der Waals surface area contributed by atoms with Crippen LogP contribution in [-0.2, 0) is 11.2 Å². The number of furan rings is 1. The van der Waals surface area contributed by atoms with Gasteiger partial charge in [-0.25, -0.2) is 4.79 Å². The molecule has 6 aliphatic carbocycles. The number of aliphatic hydroxyl groups is 2. The predicted molar refractivity (Wildman–Crippen MR) is 182 cm³/mol. The molecule has 7 atom stereocenters. The molecule has 1 aromatic carbocycles.